The predicted octanol–water partition coefficient (Wildman–Crippen LogP) is 2.93. The summed E-state index contributed by atoms with van der Waals surface area (Å²) < 4.78 is 45.0. The maximum absolute atomic E-state index is 13.3. The van der Waals surface area contributed by atoms with Gasteiger partial charge in [-0.25, -0.2) is 17.9 Å². The fourth-order valence-electron chi connectivity index (χ4n) is 1.80. The molecule has 0 unspecified atom stereocenters. The average Bonchev–Trinajstić information content (AvgIpc) is 2.85. The number of benzene rings is 1. The van der Waals surface area contributed by atoms with E-state index < -0.39 is 12.2 Å². The lowest BCUT2D eigenvalue weighted by atomic mass is 10.1. The van der Waals surface area contributed by atoms with Gasteiger partial charge in [-0.1, -0.05) is 17.3 Å². The number of ether oxygens (including phenoxy) is 1. The quantitative estimate of drug-likeness (QED) is 0.608. The van der Waals surface area contributed by atoms with Crippen LogP contribution in [0.2, 0.25) is 0 Å². The standard InChI is InChI=1S/C14H14F3N3O2/c1-20-13(7-11(18-20)14(16)17)22-8-12(19-21-2)9-4-3-5-10(15)6-9/h3-7,14H,8H2,1-2H3. The number of halogens is 3. The van der Waals surface area contributed by atoms with E-state index in [1.807, 2.05) is 0 Å². The highest BCUT2D eigenvalue weighted by Crippen LogP contribution is 2.22. The van der Waals surface area contributed by atoms with E-state index in [9.17, 15) is 13.2 Å². The van der Waals surface area contributed by atoms with Gasteiger partial charge in [-0.05, 0) is 12.1 Å². The van der Waals surface area contributed by atoms with E-state index in [4.69, 9.17) is 9.57 Å². The van der Waals surface area contributed by atoms with E-state index in [-0.39, 0.29) is 18.2 Å². The number of hydrogen-bond acceptors (Lipinski definition) is 4. The van der Waals surface area contributed by atoms with Crippen molar-refractivity contribution in [1.29, 1.82) is 0 Å². The molecule has 0 fully saturated rings. The molecule has 0 aliphatic rings. The van der Waals surface area contributed by atoms with Crippen molar-refractivity contribution >= 4 is 5.71 Å². The third-order valence-corrected chi connectivity index (χ3v) is 2.80. The van der Waals surface area contributed by atoms with E-state index in [0.29, 0.717) is 11.3 Å². The number of rotatable bonds is 6. The molecule has 2 rings (SSSR count). The van der Waals surface area contributed by atoms with Gasteiger partial charge in [-0.15, -0.1) is 0 Å². The van der Waals surface area contributed by atoms with Crippen molar-refractivity contribution in [2.24, 2.45) is 12.2 Å². The van der Waals surface area contributed by atoms with E-state index >= 15 is 0 Å². The van der Waals surface area contributed by atoms with Crippen LogP contribution in [0.25, 0.3) is 0 Å². The van der Waals surface area contributed by atoms with Crippen molar-refractivity contribution < 1.29 is 22.7 Å². The molecule has 0 N–H and O–H groups in total. The van der Waals surface area contributed by atoms with Crippen LogP contribution in [-0.2, 0) is 11.9 Å². The number of alkyl halides is 2. The lowest BCUT2D eigenvalue weighted by Gasteiger charge is -2.08. The van der Waals surface area contributed by atoms with Gasteiger partial charge in [0.1, 0.15) is 30.9 Å². The average molecular weight is 313 g/mol. The highest BCUT2D eigenvalue weighted by molar-refractivity contribution is 6.01. The summed E-state index contributed by atoms with van der Waals surface area (Å²) in [5, 5.41) is 7.40. The highest BCUT2D eigenvalue weighted by Gasteiger charge is 2.16. The van der Waals surface area contributed by atoms with Crippen molar-refractivity contribution in [3.63, 3.8) is 0 Å². The number of nitrogens with zero attached hydrogens (tertiary/aromatic N) is 3. The molecule has 1 aromatic carbocycles. The van der Waals surface area contributed by atoms with Crippen LogP contribution in [0.15, 0.2) is 35.5 Å². The summed E-state index contributed by atoms with van der Waals surface area (Å²) in [6.45, 7) is -0.0838. The Morgan fingerprint density at radius 2 is 2.14 bits per heavy atom. The predicted molar refractivity (Wildman–Crippen MR) is 73.6 cm³/mol. The van der Waals surface area contributed by atoms with Crippen molar-refractivity contribution in [1.82, 2.24) is 9.78 Å². The monoisotopic (exact) mass is 313 g/mol. The molecule has 1 heterocycles. The van der Waals surface area contributed by atoms with Gasteiger partial charge in [0.15, 0.2) is 0 Å². The molecule has 5 nitrogen and oxygen atoms in total. The summed E-state index contributed by atoms with van der Waals surface area (Å²) in [5.41, 5.74) is 0.411. The Labute approximate surface area is 124 Å². The molecule has 0 atom stereocenters. The normalized spacial score (nSPS) is 11.8. The molecule has 0 saturated heterocycles. The van der Waals surface area contributed by atoms with Crippen LogP contribution >= 0.6 is 0 Å². The van der Waals surface area contributed by atoms with Crippen LogP contribution in [0.5, 0.6) is 5.88 Å². The van der Waals surface area contributed by atoms with Gasteiger partial charge in [0, 0.05) is 18.7 Å². The SMILES string of the molecule is CON=C(COc1cc(C(F)F)nn1C)c1cccc(F)c1. The number of hydrogen-bond donors (Lipinski definition) is 0. The molecule has 0 amide bonds. The van der Waals surface area contributed by atoms with Crippen LogP contribution < -0.4 is 4.74 Å². The minimum absolute atomic E-state index is 0.0838. The highest BCUT2D eigenvalue weighted by atomic mass is 19.3. The Bertz CT molecular complexity index is 671. The molecular formula is C14H14F3N3O2. The van der Waals surface area contributed by atoms with Crippen LogP contribution in [0.4, 0.5) is 13.2 Å². The first kappa shape index (κ1) is 15.9. The molecule has 1 aromatic heterocycles. The molecule has 0 bridgehead atoms. The molecular weight excluding hydrogens is 299 g/mol. The second-order valence-corrected chi connectivity index (χ2v) is 4.35. The van der Waals surface area contributed by atoms with Gasteiger partial charge in [0.2, 0.25) is 5.88 Å². The Morgan fingerprint density at radius 3 is 2.73 bits per heavy atom. The largest absolute Gasteiger partial charge is 0.471 e. The number of oxime groups is 1. The molecule has 8 heteroatoms. The van der Waals surface area contributed by atoms with Crippen LogP contribution in [0.3, 0.4) is 0 Å². The van der Waals surface area contributed by atoms with Crippen molar-refractivity contribution in [3.05, 3.63) is 47.4 Å². The van der Waals surface area contributed by atoms with Crippen LogP contribution in [0, 0.1) is 5.82 Å². The van der Waals surface area contributed by atoms with E-state index in [1.54, 1.807) is 6.07 Å². The summed E-state index contributed by atoms with van der Waals surface area (Å²) in [5.74, 6) is -0.280. The maximum atomic E-state index is 13.3. The fourth-order valence-corrected chi connectivity index (χ4v) is 1.80. The number of aromatic nitrogens is 2. The van der Waals surface area contributed by atoms with Crippen molar-refractivity contribution in [3.8, 4) is 5.88 Å². The lowest BCUT2D eigenvalue weighted by molar-refractivity contribution is 0.145. The maximum Gasteiger partial charge on any atom is 0.282 e. The summed E-state index contributed by atoms with van der Waals surface area (Å²) in [7, 11) is 2.83. The first-order valence-corrected chi connectivity index (χ1v) is 6.32. The van der Waals surface area contributed by atoms with Crippen LogP contribution in [-0.4, -0.2) is 29.2 Å². The lowest BCUT2D eigenvalue weighted by Crippen LogP contribution is -2.15. The molecule has 0 aliphatic heterocycles. The summed E-state index contributed by atoms with van der Waals surface area (Å²) in [6, 6.07) is 6.87. The van der Waals surface area contributed by atoms with E-state index in [1.165, 1.54) is 37.0 Å². The van der Waals surface area contributed by atoms with Crippen LogP contribution in [0.1, 0.15) is 17.7 Å². The molecule has 2 aromatic rings. The Hall–Kier alpha value is -2.51. The Kier molecular flexibility index (Phi) is 5.03. The zero-order valence-corrected chi connectivity index (χ0v) is 12.0. The number of aryl methyl sites for hydroxylation is 1. The summed E-state index contributed by atoms with van der Waals surface area (Å²) in [4.78, 5) is 4.70. The smallest absolute Gasteiger partial charge is 0.282 e. The van der Waals surface area contributed by atoms with Gasteiger partial charge in [0.05, 0.1) is 0 Å². The zero-order chi connectivity index (χ0) is 16.1. The second-order valence-electron chi connectivity index (χ2n) is 4.35. The van der Waals surface area contributed by atoms with Crippen molar-refractivity contribution in [2.45, 2.75) is 6.43 Å². The topological polar surface area (TPSA) is 48.6 Å². The Morgan fingerprint density at radius 1 is 1.36 bits per heavy atom. The Balaban J connectivity index is 2.15. The summed E-state index contributed by atoms with van der Waals surface area (Å²) in [6.07, 6.45) is -2.68. The third-order valence-electron chi connectivity index (χ3n) is 2.80. The van der Waals surface area contributed by atoms with E-state index in [0.717, 1.165) is 6.07 Å². The third kappa shape index (κ3) is 3.78. The first-order chi connectivity index (χ1) is 10.5. The van der Waals surface area contributed by atoms with Gasteiger partial charge in [-0.2, -0.15) is 5.10 Å². The molecule has 0 saturated carbocycles. The first-order valence-electron chi connectivity index (χ1n) is 6.32. The molecule has 0 aliphatic carbocycles. The zero-order valence-electron chi connectivity index (χ0n) is 12.0. The van der Waals surface area contributed by atoms with E-state index in [2.05, 4.69) is 10.3 Å². The van der Waals surface area contributed by atoms with Gasteiger partial charge >= 0.3 is 0 Å². The molecule has 0 radical (unpaired) electrons. The second kappa shape index (κ2) is 6.97. The molecule has 22 heavy (non-hydrogen) atoms. The summed E-state index contributed by atoms with van der Waals surface area (Å²) >= 11 is 0. The molecule has 0 spiro atoms. The minimum atomic E-state index is -2.68. The van der Waals surface area contributed by atoms with Gasteiger partial charge < -0.3 is 9.57 Å². The molecule has 118 valence electrons. The fraction of sp³-hybridized carbons (Fsp3) is 0.286. The van der Waals surface area contributed by atoms with Gasteiger partial charge in [0.25, 0.3) is 6.43 Å². The van der Waals surface area contributed by atoms with Gasteiger partial charge in [-0.3, -0.25) is 0 Å². The van der Waals surface area contributed by atoms with Crippen molar-refractivity contribution in [2.75, 3.05) is 13.7 Å². The minimum Gasteiger partial charge on any atom is -0.471 e.